The Balaban J connectivity index is 1.60. The van der Waals surface area contributed by atoms with Gasteiger partial charge in [-0.3, -0.25) is 9.69 Å². The van der Waals surface area contributed by atoms with E-state index >= 15 is 0 Å². The number of hydrogen-bond acceptors (Lipinski definition) is 3. The molecule has 2 saturated heterocycles. The van der Waals surface area contributed by atoms with Crippen LogP contribution < -0.4 is 4.90 Å². The van der Waals surface area contributed by atoms with Gasteiger partial charge in [0.15, 0.2) is 0 Å². The lowest BCUT2D eigenvalue weighted by Gasteiger charge is -2.28. The normalized spacial score (nSPS) is 24.2. The van der Waals surface area contributed by atoms with Gasteiger partial charge in [0.1, 0.15) is 0 Å². The van der Waals surface area contributed by atoms with E-state index in [1.165, 1.54) is 67.7 Å². The first kappa shape index (κ1) is 17.0. The van der Waals surface area contributed by atoms with E-state index in [4.69, 9.17) is 0 Å². The Kier molecular flexibility index (Phi) is 4.83. The molecule has 0 bridgehead atoms. The van der Waals surface area contributed by atoms with Gasteiger partial charge in [-0.05, 0) is 75.9 Å². The monoisotopic (exact) mass is 341 g/mol. The highest BCUT2D eigenvalue weighted by molar-refractivity contribution is 5.95. The van der Waals surface area contributed by atoms with Crippen LogP contribution in [0.25, 0.3) is 0 Å². The molecule has 1 aromatic rings. The van der Waals surface area contributed by atoms with Gasteiger partial charge >= 0.3 is 0 Å². The molecule has 2 fully saturated rings. The fraction of sp³-hybridized carbons (Fsp3) is 0.667. The zero-order valence-corrected chi connectivity index (χ0v) is 15.8. The number of anilines is 1. The smallest absolute Gasteiger partial charge is 0.228 e. The minimum Gasteiger partial charge on any atom is -0.310 e. The van der Waals surface area contributed by atoms with Crippen LogP contribution in [0.3, 0.4) is 0 Å². The van der Waals surface area contributed by atoms with Gasteiger partial charge in [-0.1, -0.05) is 12.1 Å². The maximum atomic E-state index is 13.2. The number of carbonyl (C=O) groups is 1. The predicted molar refractivity (Wildman–Crippen MR) is 102 cm³/mol. The first-order valence-electron chi connectivity index (χ1n) is 9.99. The summed E-state index contributed by atoms with van der Waals surface area (Å²) in [7, 11) is 0. The second kappa shape index (κ2) is 7.08. The zero-order chi connectivity index (χ0) is 17.4. The van der Waals surface area contributed by atoms with E-state index < -0.39 is 0 Å². The fourth-order valence-electron chi connectivity index (χ4n) is 4.81. The van der Waals surface area contributed by atoms with Crippen molar-refractivity contribution in [2.24, 2.45) is 0 Å². The molecule has 0 radical (unpaired) electrons. The second-order valence-electron chi connectivity index (χ2n) is 8.08. The largest absolute Gasteiger partial charge is 0.310 e. The highest BCUT2D eigenvalue weighted by atomic mass is 16.2. The fourth-order valence-corrected chi connectivity index (χ4v) is 4.81. The Morgan fingerprint density at radius 3 is 2.72 bits per heavy atom. The van der Waals surface area contributed by atoms with Gasteiger partial charge in [0.25, 0.3) is 0 Å². The Bertz CT molecular complexity index is 651. The van der Waals surface area contributed by atoms with Crippen LogP contribution in [0.2, 0.25) is 0 Å². The summed E-state index contributed by atoms with van der Waals surface area (Å²) in [6, 6.07) is 5.00. The molecule has 136 valence electrons. The molecule has 1 amide bonds. The first-order chi connectivity index (χ1) is 12.1. The second-order valence-corrected chi connectivity index (χ2v) is 8.08. The van der Waals surface area contributed by atoms with Crippen molar-refractivity contribution in [2.45, 2.75) is 58.5 Å². The number of benzene rings is 1. The van der Waals surface area contributed by atoms with Crippen LogP contribution in [0.15, 0.2) is 12.1 Å². The summed E-state index contributed by atoms with van der Waals surface area (Å²) < 4.78 is 0. The number of rotatable bonds is 3. The highest BCUT2D eigenvalue weighted by Gasteiger charge is 2.34. The van der Waals surface area contributed by atoms with Gasteiger partial charge in [-0.25, -0.2) is 0 Å². The number of fused-ring (bicyclic) bond motifs is 2. The van der Waals surface area contributed by atoms with Crippen molar-refractivity contribution in [1.82, 2.24) is 9.80 Å². The zero-order valence-electron chi connectivity index (χ0n) is 15.8. The van der Waals surface area contributed by atoms with Crippen LogP contribution in [0.5, 0.6) is 0 Å². The van der Waals surface area contributed by atoms with Gasteiger partial charge in [0.05, 0.1) is 5.69 Å². The summed E-state index contributed by atoms with van der Waals surface area (Å²) in [6.45, 7) is 10.6. The van der Waals surface area contributed by atoms with Crippen molar-refractivity contribution < 1.29 is 4.79 Å². The molecule has 3 heterocycles. The SMILES string of the molecule is Cc1ccc2c(c1C)N(C(=O)CCN1CCCC1)CC1CCCN1C2. The molecule has 0 spiro atoms. The van der Waals surface area contributed by atoms with E-state index in [0.29, 0.717) is 18.4 Å². The maximum absolute atomic E-state index is 13.2. The molecule has 0 aliphatic carbocycles. The first-order valence-corrected chi connectivity index (χ1v) is 9.99. The van der Waals surface area contributed by atoms with Gasteiger partial charge < -0.3 is 9.80 Å². The van der Waals surface area contributed by atoms with Crippen LogP contribution in [0.1, 0.15) is 48.8 Å². The number of amides is 1. The molecule has 3 aliphatic rings. The Morgan fingerprint density at radius 1 is 1.12 bits per heavy atom. The van der Waals surface area contributed by atoms with Crippen molar-refractivity contribution >= 4 is 11.6 Å². The van der Waals surface area contributed by atoms with E-state index in [-0.39, 0.29) is 0 Å². The summed E-state index contributed by atoms with van der Waals surface area (Å²) in [5, 5.41) is 0. The van der Waals surface area contributed by atoms with Gasteiger partial charge in [0.2, 0.25) is 5.91 Å². The van der Waals surface area contributed by atoms with Crippen molar-refractivity contribution in [3.63, 3.8) is 0 Å². The van der Waals surface area contributed by atoms with Crippen molar-refractivity contribution in [1.29, 1.82) is 0 Å². The third-order valence-corrected chi connectivity index (χ3v) is 6.46. The topological polar surface area (TPSA) is 26.8 Å². The lowest BCUT2D eigenvalue weighted by molar-refractivity contribution is -0.119. The molecule has 1 atom stereocenters. The highest BCUT2D eigenvalue weighted by Crippen LogP contribution is 2.35. The summed E-state index contributed by atoms with van der Waals surface area (Å²) in [5.74, 6) is 0.315. The van der Waals surface area contributed by atoms with Crippen molar-refractivity contribution in [3.8, 4) is 0 Å². The van der Waals surface area contributed by atoms with E-state index in [1.54, 1.807) is 0 Å². The van der Waals surface area contributed by atoms with Crippen LogP contribution >= 0.6 is 0 Å². The number of hydrogen-bond donors (Lipinski definition) is 0. The van der Waals surface area contributed by atoms with Crippen LogP contribution in [-0.4, -0.2) is 54.5 Å². The molecule has 4 rings (SSSR count). The third kappa shape index (κ3) is 3.34. The molecule has 4 nitrogen and oxygen atoms in total. The Hall–Kier alpha value is -1.39. The molecule has 1 unspecified atom stereocenters. The third-order valence-electron chi connectivity index (χ3n) is 6.46. The standard InChI is InChI=1S/C21H31N3O/c1-16-7-8-18-14-23-12-5-6-19(23)15-24(21(18)17(16)2)20(25)9-13-22-10-3-4-11-22/h7-8,19H,3-6,9-15H2,1-2H3. The van der Waals surface area contributed by atoms with E-state index in [1.807, 2.05) is 0 Å². The molecule has 0 saturated carbocycles. The van der Waals surface area contributed by atoms with E-state index in [9.17, 15) is 4.79 Å². The van der Waals surface area contributed by atoms with Gasteiger partial charge in [-0.15, -0.1) is 0 Å². The van der Waals surface area contributed by atoms with Gasteiger partial charge in [-0.2, -0.15) is 0 Å². The van der Waals surface area contributed by atoms with Crippen LogP contribution in [0.4, 0.5) is 5.69 Å². The number of nitrogens with zero attached hydrogens (tertiary/aromatic N) is 3. The summed E-state index contributed by atoms with van der Waals surface area (Å²) in [5.41, 5.74) is 5.12. The lowest BCUT2D eigenvalue weighted by atomic mass is 10.0. The van der Waals surface area contributed by atoms with Crippen LogP contribution in [-0.2, 0) is 11.3 Å². The molecule has 4 heteroatoms. The van der Waals surface area contributed by atoms with E-state index in [0.717, 1.165) is 19.6 Å². The molecule has 3 aliphatic heterocycles. The summed E-state index contributed by atoms with van der Waals surface area (Å²) in [6.07, 6.45) is 5.72. The van der Waals surface area contributed by atoms with E-state index in [2.05, 4.69) is 40.7 Å². The molecule has 25 heavy (non-hydrogen) atoms. The molecule has 1 aromatic carbocycles. The maximum Gasteiger partial charge on any atom is 0.228 e. The van der Waals surface area contributed by atoms with Crippen molar-refractivity contribution in [3.05, 3.63) is 28.8 Å². The molecular weight excluding hydrogens is 310 g/mol. The average molecular weight is 341 g/mol. The quantitative estimate of drug-likeness (QED) is 0.845. The number of aryl methyl sites for hydroxylation is 1. The van der Waals surface area contributed by atoms with Crippen molar-refractivity contribution in [2.75, 3.05) is 37.6 Å². The minimum atomic E-state index is 0.315. The molecular formula is C21H31N3O. The molecule has 0 N–H and O–H groups in total. The average Bonchev–Trinajstić information content (AvgIpc) is 3.24. The van der Waals surface area contributed by atoms with Crippen LogP contribution in [0, 0.1) is 13.8 Å². The Morgan fingerprint density at radius 2 is 1.92 bits per heavy atom. The lowest BCUT2D eigenvalue weighted by Crippen LogP contribution is -2.41. The predicted octanol–water partition coefficient (Wildman–Crippen LogP) is 3.10. The Labute approximate surface area is 151 Å². The summed E-state index contributed by atoms with van der Waals surface area (Å²) >= 11 is 0. The van der Waals surface area contributed by atoms with Gasteiger partial charge in [0, 0.05) is 32.1 Å². The summed E-state index contributed by atoms with van der Waals surface area (Å²) in [4.78, 5) is 20.4. The minimum absolute atomic E-state index is 0.315. The number of carbonyl (C=O) groups excluding carboxylic acids is 1. The number of likely N-dealkylation sites (tertiary alicyclic amines) is 1. The molecule has 0 aromatic heterocycles.